The highest BCUT2D eigenvalue weighted by molar-refractivity contribution is 5.92. The van der Waals surface area contributed by atoms with Crippen LogP contribution in [0, 0.1) is 10.1 Å². The molecule has 1 saturated heterocycles. The molecule has 0 aliphatic carbocycles. The van der Waals surface area contributed by atoms with E-state index in [1.54, 1.807) is 23.1 Å². The van der Waals surface area contributed by atoms with Gasteiger partial charge in [0, 0.05) is 37.9 Å². The number of hydrogen-bond donors (Lipinski definition) is 1. The number of furan rings is 1. The number of nitrogens with zero attached hydrogens (tertiary/aromatic N) is 3. The van der Waals surface area contributed by atoms with Gasteiger partial charge in [-0.2, -0.15) is 0 Å². The molecule has 0 unspecified atom stereocenters. The molecule has 1 aromatic carbocycles. The van der Waals surface area contributed by atoms with Crippen LogP contribution in [-0.2, 0) is 0 Å². The number of rotatable bonds is 3. The summed E-state index contributed by atoms with van der Waals surface area (Å²) in [5.74, 6) is -0.619. The van der Waals surface area contributed by atoms with E-state index in [2.05, 4.69) is 4.90 Å². The first-order valence-corrected chi connectivity index (χ1v) is 7.12. The molecule has 1 amide bonds. The van der Waals surface area contributed by atoms with Crippen molar-refractivity contribution >= 4 is 17.5 Å². The van der Waals surface area contributed by atoms with Crippen LogP contribution in [0.15, 0.2) is 40.8 Å². The third-order valence-electron chi connectivity index (χ3n) is 3.74. The number of amides is 1. The molecule has 1 aliphatic heterocycles. The van der Waals surface area contributed by atoms with Crippen molar-refractivity contribution in [3.63, 3.8) is 0 Å². The molecular weight excluding hydrogens is 302 g/mol. The highest BCUT2D eigenvalue weighted by Gasteiger charge is 2.26. The third kappa shape index (κ3) is 3.10. The van der Waals surface area contributed by atoms with E-state index in [9.17, 15) is 20.0 Å². The number of piperazine rings is 1. The fourth-order valence-electron chi connectivity index (χ4n) is 2.55. The molecule has 0 bridgehead atoms. The summed E-state index contributed by atoms with van der Waals surface area (Å²) in [6.45, 7) is 2.17. The number of aromatic hydroxyl groups is 1. The smallest absolute Gasteiger partial charge is 0.433 e. The van der Waals surface area contributed by atoms with Gasteiger partial charge < -0.3 is 19.3 Å². The Labute approximate surface area is 131 Å². The fourth-order valence-corrected chi connectivity index (χ4v) is 2.55. The van der Waals surface area contributed by atoms with E-state index in [1.165, 1.54) is 12.1 Å². The van der Waals surface area contributed by atoms with Crippen LogP contribution in [0.5, 0.6) is 5.75 Å². The minimum atomic E-state index is -0.670. The average molecular weight is 317 g/mol. The largest absolute Gasteiger partial charge is 0.508 e. The molecule has 0 radical (unpaired) electrons. The summed E-state index contributed by atoms with van der Waals surface area (Å²) in [5.41, 5.74) is 0.894. The third-order valence-corrected chi connectivity index (χ3v) is 3.74. The Kier molecular flexibility index (Phi) is 3.88. The number of carbonyl (C=O) groups is 1. The maximum Gasteiger partial charge on any atom is 0.433 e. The molecular formula is C15H15N3O5. The Morgan fingerprint density at radius 1 is 1.17 bits per heavy atom. The molecule has 8 nitrogen and oxygen atoms in total. The number of benzene rings is 1. The summed E-state index contributed by atoms with van der Waals surface area (Å²) in [7, 11) is 0. The molecule has 3 rings (SSSR count). The molecule has 1 aliphatic rings. The van der Waals surface area contributed by atoms with Crippen molar-refractivity contribution in [3.8, 4) is 5.75 Å². The molecule has 1 aromatic heterocycles. The van der Waals surface area contributed by atoms with Crippen molar-refractivity contribution in [1.82, 2.24) is 4.90 Å². The molecule has 1 fully saturated rings. The lowest BCUT2D eigenvalue weighted by molar-refractivity contribution is -0.402. The van der Waals surface area contributed by atoms with Crippen LogP contribution in [0.4, 0.5) is 11.6 Å². The number of phenolic OH excluding ortho intramolecular Hbond substituents is 1. The van der Waals surface area contributed by atoms with E-state index < -0.39 is 10.8 Å². The van der Waals surface area contributed by atoms with Crippen LogP contribution in [-0.4, -0.2) is 47.0 Å². The molecule has 8 heteroatoms. The second kappa shape index (κ2) is 5.99. The van der Waals surface area contributed by atoms with Crippen LogP contribution < -0.4 is 4.90 Å². The minimum Gasteiger partial charge on any atom is -0.508 e. The van der Waals surface area contributed by atoms with Crippen LogP contribution >= 0.6 is 0 Å². The molecule has 0 saturated carbocycles. The number of phenols is 1. The highest BCUT2D eigenvalue weighted by atomic mass is 16.6. The first-order chi connectivity index (χ1) is 11.0. The topological polar surface area (TPSA) is 100 Å². The van der Waals surface area contributed by atoms with Crippen molar-refractivity contribution in [2.75, 3.05) is 31.1 Å². The zero-order valence-corrected chi connectivity index (χ0v) is 12.2. The zero-order chi connectivity index (χ0) is 16.4. The summed E-state index contributed by atoms with van der Waals surface area (Å²) in [6, 6.07) is 9.44. The second-order valence-electron chi connectivity index (χ2n) is 5.19. The monoisotopic (exact) mass is 317 g/mol. The van der Waals surface area contributed by atoms with Gasteiger partial charge in [0.25, 0.3) is 5.91 Å². The number of carbonyl (C=O) groups excluding carboxylic acids is 1. The lowest BCUT2D eigenvalue weighted by Crippen LogP contribution is -2.48. The number of hydrogen-bond acceptors (Lipinski definition) is 6. The molecule has 2 heterocycles. The van der Waals surface area contributed by atoms with Crippen LogP contribution in [0.1, 0.15) is 10.6 Å². The number of nitro groups is 1. The van der Waals surface area contributed by atoms with E-state index in [0.29, 0.717) is 26.2 Å². The predicted molar refractivity (Wildman–Crippen MR) is 81.6 cm³/mol. The Morgan fingerprint density at radius 3 is 2.52 bits per heavy atom. The normalized spacial score (nSPS) is 14.8. The first kappa shape index (κ1) is 14.9. The van der Waals surface area contributed by atoms with Crippen molar-refractivity contribution in [2.45, 2.75) is 0 Å². The van der Waals surface area contributed by atoms with Gasteiger partial charge in [-0.05, 0) is 18.2 Å². The minimum absolute atomic E-state index is 0.0255. The standard InChI is InChI=1S/C15H15N3O5/c19-12-3-1-2-11(10-12)16-6-8-17(9-7-16)15(20)13-4-5-14(23-13)18(21)22/h1-5,10,19H,6-9H2. The summed E-state index contributed by atoms with van der Waals surface area (Å²) < 4.78 is 4.95. The Balaban J connectivity index is 1.64. The van der Waals surface area contributed by atoms with Crippen molar-refractivity contribution < 1.29 is 19.2 Å². The zero-order valence-electron chi connectivity index (χ0n) is 12.2. The quantitative estimate of drug-likeness (QED) is 0.685. The van der Waals surface area contributed by atoms with Crippen LogP contribution in [0.25, 0.3) is 0 Å². The molecule has 0 spiro atoms. The van der Waals surface area contributed by atoms with Gasteiger partial charge in [0.15, 0.2) is 5.76 Å². The van der Waals surface area contributed by atoms with Gasteiger partial charge in [-0.15, -0.1) is 0 Å². The Hall–Kier alpha value is -3.03. The van der Waals surface area contributed by atoms with Gasteiger partial charge >= 0.3 is 5.88 Å². The maximum atomic E-state index is 12.3. The van der Waals surface area contributed by atoms with Gasteiger partial charge in [-0.1, -0.05) is 6.07 Å². The SMILES string of the molecule is O=C(c1ccc([N+](=O)[O-])o1)N1CCN(c2cccc(O)c2)CC1. The molecule has 1 N–H and O–H groups in total. The van der Waals surface area contributed by atoms with E-state index in [-0.39, 0.29) is 17.4 Å². The van der Waals surface area contributed by atoms with Crippen LogP contribution in [0.2, 0.25) is 0 Å². The lowest BCUT2D eigenvalue weighted by atomic mass is 10.2. The van der Waals surface area contributed by atoms with Gasteiger partial charge in [0.1, 0.15) is 10.7 Å². The van der Waals surface area contributed by atoms with Crippen molar-refractivity contribution in [2.24, 2.45) is 0 Å². The fraction of sp³-hybridized carbons (Fsp3) is 0.267. The summed E-state index contributed by atoms with van der Waals surface area (Å²) in [4.78, 5) is 25.9. The van der Waals surface area contributed by atoms with Gasteiger partial charge in [0.2, 0.25) is 0 Å². The van der Waals surface area contributed by atoms with E-state index in [0.717, 1.165) is 5.69 Å². The summed E-state index contributed by atoms with van der Waals surface area (Å²) in [5, 5.41) is 20.1. The van der Waals surface area contributed by atoms with Crippen molar-refractivity contribution in [3.05, 3.63) is 52.3 Å². The van der Waals surface area contributed by atoms with Gasteiger partial charge in [-0.3, -0.25) is 14.9 Å². The predicted octanol–water partition coefficient (Wildman–Crippen LogP) is 1.86. The van der Waals surface area contributed by atoms with Gasteiger partial charge in [-0.25, -0.2) is 0 Å². The highest BCUT2D eigenvalue weighted by Crippen LogP contribution is 2.22. The van der Waals surface area contributed by atoms with E-state index >= 15 is 0 Å². The average Bonchev–Trinajstić information content (AvgIpc) is 3.04. The molecule has 120 valence electrons. The van der Waals surface area contributed by atoms with Crippen LogP contribution in [0.3, 0.4) is 0 Å². The van der Waals surface area contributed by atoms with E-state index in [4.69, 9.17) is 4.42 Å². The number of anilines is 1. The first-order valence-electron chi connectivity index (χ1n) is 7.12. The summed E-state index contributed by atoms with van der Waals surface area (Å²) >= 11 is 0. The summed E-state index contributed by atoms with van der Waals surface area (Å²) in [6.07, 6.45) is 0. The second-order valence-corrected chi connectivity index (χ2v) is 5.19. The molecule has 23 heavy (non-hydrogen) atoms. The molecule has 0 atom stereocenters. The maximum absolute atomic E-state index is 12.3. The Morgan fingerprint density at radius 2 is 1.91 bits per heavy atom. The Bertz CT molecular complexity index is 734. The van der Waals surface area contributed by atoms with Crippen molar-refractivity contribution in [1.29, 1.82) is 0 Å². The molecule has 2 aromatic rings. The van der Waals surface area contributed by atoms with E-state index in [1.807, 2.05) is 6.07 Å². The lowest BCUT2D eigenvalue weighted by Gasteiger charge is -2.35. The van der Waals surface area contributed by atoms with Gasteiger partial charge in [0.05, 0.1) is 6.07 Å².